The molecular formula is C29H28N6O4S. The number of amides is 5. The van der Waals surface area contributed by atoms with Crippen molar-refractivity contribution in [2.45, 2.75) is 52.0 Å². The van der Waals surface area contributed by atoms with Crippen LogP contribution in [0.5, 0.6) is 0 Å². The van der Waals surface area contributed by atoms with Crippen molar-refractivity contribution in [2.24, 2.45) is 0 Å². The number of aromatic nitrogens is 2. The lowest BCUT2D eigenvalue weighted by atomic mass is 9.93. The molecule has 4 aliphatic rings. The number of carbonyl (C=O) groups is 4. The van der Waals surface area contributed by atoms with Crippen molar-refractivity contribution in [3.05, 3.63) is 62.9 Å². The molecule has 10 nitrogen and oxygen atoms in total. The molecule has 1 N–H and O–H groups in total. The highest BCUT2D eigenvalue weighted by Crippen LogP contribution is 2.39. The molecule has 1 saturated heterocycles. The van der Waals surface area contributed by atoms with E-state index >= 15 is 0 Å². The number of hydrogen-bond acceptors (Lipinski definition) is 8. The van der Waals surface area contributed by atoms with Gasteiger partial charge in [0.05, 0.1) is 23.4 Å². The van der Waals surface area contributed by atoms with Crippen LogP contribution in [0.4, 0.5) is 4.79 Å². The molecule has 3 aromatic rings. The van der Waals surface area contributed by atoms with Crippen LogP contribution >= 0.6 is 11.3 Å². The Hall–Kier alpha value is -3.96. The Morgan fingerprint density at radius 1 is 0.950 bits per heavy atom. The summed E-state index contributed by atoms with van der Waals surface area (Å²) in [4.78, 5) is 64.5. The van der Waals surface area contributed by atoms with E-state index in [9.17, 15) is 19.2 Å². The van der Waals surface area contributed by atoms with Crippen molar-refractivity contribution >= 4 is 50.9 Å². The van der Waals surface area contributed by atoms with Gasteiger partial charge >= 0.3 is 6.03 Å². The Kier molecular flexibility index (Phi) is 6.01. The standard InChI is InChI=1S/C29H28N6O4S/c1-16-30-25(24-20-4-2-3-5-22(20)40-26(24)31-16)18-8-11-33(12-9-18)15-17-6-7-19-21(14-17)28(38)35(27(19)37)34-13-10-23(36)32-29(34)39/h6-8,14H,2-5,9-13,15H2,1H3,(H,32,36,39). The van der Waals surface area contributed by atoms with Crippen molar-refractivity contribution in [3.8, 4) is 0 Å². The maximum Gasteiger partial charge on any atom is 0.343 e. The van der Waals surface area contributed by atoms with Gasteiger partial charge in [-0.3, -0.25) is 24.6 Å². The molecule has 3 aliphatic heterocycles. The summed E-state index contributed by atoms with van der Waals surface area (Å²) in [7, 11) is 0. The summed E-state index contributed by atoms with van der Waals surface area (Å²) in [5, 5.41) is 5.28. The molecule has 1 fully saturated rings. The van der Waals surface area contributed by atoms with E-state index < -0.39 is 23.8 Å². The third-order valence-corrected chi connectivity index (χ3v) is 9.32. The fraction of sp³-hybridized carbons (Fsp3) is 0.379. The second kappa shape index (κ2) is 9.60. The molecule has 1 aliphatic carbocycles. The summed E-state index contributed by atoms with van der Waals surface area (Å²) in [5.74, 6) is -0.713. The molecule has 7 rings (SSSR count). The second-order valence-corrected chi connectivity index (χ2v) is 11.8. The number of imide groups is 2. The van der Waals surface area contributed by atoms with Crippen LogP contribution in [0.15, 0.2) is 24.3 Å². The first-order chi connectivity index (χ1) is 19.4. The lowest BCUT2D eigenvalue weighted by Crippen LogP contribution is -2.58. The SMILES string of the molecule is Cc1nc(C2=CCN(Cc3ccc4c(c3)C(=O)N(N3CCC(=O)NC3=O)C4=O)CC2)c2c3c(sc2n1)CCCC3. The van der Waals surface area contributed by atoms with Gasteiger partial charge in [0.2, 0.25) is 5.91 Å². The predicted molar refractivity (Wildman–Crippen MR) is 148 cm³/mol. The van der Waals surface area contributed by atoms with Gasteiger partial charge in [-0.15, -0.1) is 11.3 Å². The van der Waals surface area contributed by atoms with Gasteiger partial charge < -0.3 is 0 Å². The third kappa shape index (κ3) is 4.11. The topological polar surface area (TPSA) is 116 Å². The highest BCUT2D eigenvalue weighted by molar-refractivity contribution is 7.18. The summed E-state index contributed by atoms with van der Waals surface area (Å²) in [6.07, 6.45) is 7.87. The Balaban J connectivity index is 1.09. The van der Waals surface area contributed by atoms with Gasteiger partial charge in [0.25, 0.3) is 11.8 Å². The number of nitrogens with zero attached hydrogens (tertiary/aromatic N) is 5. The maximum atomic E-state index is 13.2. The van der Waals surface area contributed by atoms with E-state index in [4.69, 9.17) is 9.97 Å². The number of nitrogens with one attached hydrogen (secondary N) is 1. The minimum atomic E-state index is -0.763. The average Bonchev–Trinajstić information content (AvgIpc) is 3.43. The number of hydrazine groups is 1. The lowest BCUT2D eigenvalue weighted by molar-refractivity contribution is -0.122. The minimum Gasteiger partial charge on any atom is -0.295 e. The molecule has 2 aromatic heterocycles. The zero-order valence-electron chi connectivity index (χ0n) is 22.2. The molecule has 0 spiro atoms. The molecule has 0 unspecified atom stereocenters. The summed E-state index contributed by atoms with van der Waals surface area (Å²) in [5.41, 5.74) is 5.27. The van der Waals surface area contributed by atoms with Crippen LogP contribution in [0.25, 0.3) is 15.8 Å². The zero-order chi connectivity index (χ0) is 27.5. The van der Waals surface area contributed by atoms with Crippen LogP contribution in [-0.4, -0.2) is 68.3 Å². The Morgan fingerprint density at radius 3 is 2.58 bits per heavy atom. The van der Waals surface area contributed by atoms with Crippen molar-refractivity contribution in [1.29, 1.82) is 0 Å². The van der Waals surface area contributed by atoms with Gasteiger partial charge in [-0.25, -0.2) is 19.8 Å². The van der Waals surface area contributed by atoms with Crippen molar-refractivity contribution in [1.82, 2.24) is 30.2 Å². The van der Waals surface area contributed by atoms with E-state index in [0.29, 0.717) is 6.54 Å². The van der Waals surface area contributed by atoms with E-state index in [2.05, 4.69) is 16.3 Å². The normalized spacial score (nSPS) is 19.7. The molecule has 1 aromatic carbocycles. The maximum absolute atomic E-state index is 13.2. The van der Waals surface area contributed by atoms with Crippen LogP contribution in [0.3, 0.4) is 0 Å². The van der Waals surface area contributed by atoms with Gasteiger partial charge in [0.15, 0.2) is 0 Å². The van der Waals surface area contributed by atoms with Gasteiger partial charge in [0.1, 0.15) is 10.7 Å². The number of hydrogen-bond donors (Lipinski definition) is 1. The molecule has 0 atom stereocenters. The summed E-state index contributed by atoms with van der Waals surface area (Å²) in [6, 6.07) is 4.50. The molecule has 0 saturated carbocycles. The minimum absolute atomic E-state index is 0.0161. The number of thiophene rings is 1. The first kappa shape index (κ1) is 25.0. The Labute approximate surface area is 234 Å². The predicted octanol–water partition coefficient (Wildman–Crippen LogP) is 3.62. The molecule has 0 radical (unpaired) electrons. The van der Waals surface area contributed by atoms with Crippen LogP contribution in [-0.2, 0) is 24.2 Å². The van der Waals surface area contributed by atoms with Crippen molar-refractivity contribution in [2.75, 3.05) is 19.6 Å². The molecule has 5 heterocycles. The molecule has 204 valence electrons. The van der Waals surface area contributed by atoms with E-state index in [1.165, 1.54) is 34.2 Å². The van der Waals surface area contributed by atoms with E-state index in [1.54, 1.807) is 12.1 Å². The highest BCUT2D eigenvalue weighted by atomic mass is 32.1. The molecule has 0 bridgehead atoms. The Bertz CT molecular complexity index is 1660. The monoisotopic (exact) mass is 556 g/mol. The van der Waals surface area contributed by atoms with Gasteiger partial charge in [0, 0.05) is 36.3 Å². The molecule has 11 heteroatoms. The molecule has 5 amide bonds. The van der Waals surface area contributed by atoms with Gasteiger partial charge in [-0.05, 0) is 67.9 Å². The van der Waals surface area contributed by atoms with E-state index in [-0.39, 0.29) is 24.1 Å². The third-order valence-electron chi connectivity index (χ3n) is 8.13. The first-order valence-corrected chi connectivity index (χ1v) is 14.5. The summed E-state index contributed by atoms with van der Waals surface area (Å²) in [6.45, 7) is 4.18. The summed E-state index contributed by atoms with van der Waals surface area (Å²) >= 11 is 1.83. The van der Waals surface area contributed by atoms with E-state index in [0.717, 1.165) is 64.3 Å². The summed E-state index contributed by atoms with van der Waals surface area (Å²) < 4.78 is 0. The number of carbonyl (C=O) groups excluding carboxylic acids is 4. The van der Waals surface area contributed by atoms with Crippen LogP contribution in [0.1, 0.15) is 73.9 Å². The number of benzene rings is 1. The van der Waals surface area contributed by atoms with E-state index in [1.807, 2.05) is 24.3 Å². The van der Waals surface area contributed by atoms with Crippen LogP contribution in [0, 0.1) is 6.92 Å². The number of urea groups is 1. The highest BCUT2D eigenvalue weighted by Gasteiger charge is 2.43. The fourth-order valence-electron chi connectivity index (χ4n) is 6.16. The molecular weight excluding hydrogens is 528 g/mol. The second-order valence-electron chi connectivity index (χ2n) is 10.8. The lowest BCUT2D eigenvalue weighted by Gasteiger charge is -2.32. The Morgan fingerprint density at radius 2 is 1.77 bits per heavy atom. The van der Waals surface area contributed by atoms with Crippen molar-refractivity contribution < 1.29 is 19.2 Å². The van der Waals surface area contributed by atoms with Crippen LogP contribution in [0.2, 0.25) is 0 Å². The average molecular weight is 557 g/mol. The smallest absolute Gasteiger partial charge is 0.295 e. The quantitative estimate of drug-likeness (QED) is 0.488. The van der Waals surface area contributed by atoms with Crippen molar-refractivity contribution in [3.63, 3.8) is 0 Å². The van der Waals surface area contributed by atoms with Gasteiger partial charge in [-0.1, -0.05) is 12.1 Å². The fourth-order valence-corrected chi connectivity index (χ4v) is 7.47. The number of fused-ring (bicyclic) bond motifs is 4. The zero-order valence-corrected chi connectivity index (χ0v) is 23.0. The van der Waals surface area contributed by atoms with Gasteiger partial charge in [-0.2, -0.15) is 5.01 Å². The number of aryl methyl sites for hydroxylation is 3. The first-order valence-electron chi connectivity index (χ1n) is 13.7. The largest absolute Gasteiger partial charge is 0.343 e. The van der Waals surface area contributed by atoms with Crippen LogP contribution < -0.4 is 5.32 Å². The molecule has 40 heavy (non-hydrogen) atoms. The number of rotatable bonds is 4.